The molecule has 0 aliphatic carbocycles. The number of aliphatic carboxylic acids is 1. The first kappa shape index (κ1) is 13.2. The number of rotatable bonds is 5. The zero-order chi connectivity index (χ0) is 12.8. The van der Waals surface area contributed by atoms with Crippen LogP contribution >= 0.6 is 0 Å². The molecule has 1 rings (SSSR count). The van der Waals surface area contributed by atoms with Crippen molar-refractivity contribution in [2.24, 2.45) is 0 Å². The number of carbonyl (C=O) groups excluding carboxylic acids is 1. The van der Waals surface area contributed by atoms with Crippen LogP contribution in [0.1, 0.15) is 11.1 Å². The zero-order valence-electron chi connectivity index (χ0n) is 9.44. The van der Waals surface area contributed by atoms with Crippen LogP contribution in [0.4, 0.5) is 4.39 Å². The molecule has 1 aromatic carbocycles. The monoisotopic (exact) mass is 239 g/mol. The first-order valence-corrected chi connectivity index (χ1v) is 5.19. The summed E-state index contributed by atoms with van der Waals surface area (Å²) < 4.78 is 12.7. The molecule has 5 heteroatoms. The molecular weight excluding hydrogens is 225 g/mol. The highest BCUT2D eigenvalue weighted by Crippen LogP contribution is 2.07. The number of nitrogens with one attached hydrogen (secondary N) is 1. The molecule has 92 valence electrons. The minimum atomic E-state index is -2.06. The first-order valence-electron chi connectivity index (χ1n) is 5.19. The third kappa shape index (κ3) is 4.22. The normalized spacial score (nSPS) is 11.9. The fourth-order valence-corrected chi connectivity index (χ4v) is 1.33. The number of halogens is 1. The summed E-state index contributed by atoms with van der Waals surface area (Å²) in [5.74, 6) is -1.95. The van der Waals surface area contributed by atoms with Crippen LogP contribution in [-0.2, 0) is 16.0 Å². The van der Waals surface area contributed by atoms with Gasteiger partial charge in [0.2, 0.25) is 12.1 Å². The van der Waals surface area contributed by atoms with Gasteiger partial charge in [-0.25, -0.2) is 9.18 Å². The highest BCUT2D eigenvalue weighted by molar-refractivity contribution is 5.80. The molecule has 1 aromatic rings. The van der Waals surface area contributed by atoms with E-state index in [1.807, 2.05) is 25.1 Å². The number of aryl methyl sites for hydroxylation is 1. The lowest BCUT2D eigenvalue weighted by Gasteiger charge is -2.07. The van der Waals surface area contributed by atoms with Gasteiger partial charge in [-0.2, -0.15) is 0 Å². The van der Waals surface area contributed by atoms with Gasteiger partial charge in [0, 0.05) is 0 Å². The number of hydrogen-bond donors (Lipinski definition) is 2. The quantitative estimate of drug-likeness (QED) is 0.807. The molecular formula is C12H14FNO3. The summed E-state index contributed by atoms with van der Waals surface area (Å²) in [6, 6.07) is 7.35. The van der Waals surface area contributed by atoms with Crippen LogP contribution in [0.15, 0.2) is 24.3 Å². The molecule has 2 N–H and O–H groups in total. The average molecular weight is 239 g/mol. The topological polar surface area (TPSA) is 66.4 Å². The minimum Gasteiger partial charge on any atom is -0.479 e. The molecule has 0 radical (unpaired) electrons. The fraction of sp³-hybridized carbons (Fsp3) is 0.333. The van der Waals surface area contributed by atoms with Crippen molar-refractivity contribution in [1.29, 1.82) is 0 Å². The second-order valence-electron chi connectivity index (χ2n) is 3.71. The third-order valence-corrected chi connectivity index (χ3v) is 2.36. The standard InChI is InChI=1S/C12H14FNO3/c1-8-4-2-3-5-9(8)6-11(15)14-7-10(13)12(16)17/h2-5,10H,6-7H2,1H3,(H,14,15)(H,16,17). The van der Waals surface area contributed by atoms with E-state index in [4.69, 9.17) is 5.11 Å². The zero-order valence-corrected chi connectivity index (χ0v) is 9.44. The molecule has 1 unspecified atom stereocenters. The Morgan fingerprint density at radius 2 is 2.06 bits per heavy atom. The van der Waals surface area contributed by atoms with Crippen molar-refractivity contribution in [3.05, 3.63) is 35.4 Å². The van der Waals surface area contributed by atoms with E-state index in [1.54, 1.807) is 6.07 Å². The Bertz CT molecular complexity index is 420. The molecule has 0 saturated carbocycles. The van der Waals surface area contributed by atoms with Crippen LogP contribution in [0.2, 0.25) is 0 Å². The second kappa shape index (κ2) is 5.98. The second-order valence-corrected chi connectivity index (χ2v) is 3.71. The lowest BCUT2D eigenvalue weighted by Crippen LogP contribution is -2.35. The van der Waals surface area contributed by atoms with Gasteiger partial charge in [-0.1, -0.05) is 24.3 Å². The Morgan fingerprint density at radius 1 is 1.41 bits per heavy atom. The Morgan fingerprint density at radius 3 is 2.65 bits per heavy atom. The van der Waals surface area contributed by atoms with E-state index in [-0.39, 0.29) is 12.3 Å². The van der Waals surface area contributed by atoms with Crippen molar-refractivity contribution < 1.29 is 19.1 Å². The van der Waals surface area contributed by atoms with Crippen LogP contribution in [0.5, 0.6) is 0 Å². The van der Waals surface area contributed by atoms with E-state index in [9.17, 15) is 14.0 Å². The van der Waals surface area contributed by atoms with Gasteiger partial charge in [-0.15, -0.1) is 0 Å². The minimum absolute atomic E-state index is 0.124. The summed E-state index contributed by atoms with van der Waals surface area (Å²) in [5, 5.41) is 10.5. The maximum atomic E-state index is 12.7. The Kier molecular flexibility index (Phi) is 4.63. The number of carboxylic acids is 1. The number of hydrogen-bond acceptors (Lipinski definition) is 2. The number of carboxylic acid groups (broad SMARTS) is 1. The van der Waals surface area contributed by atoms with Gasteiger partial charge in [0.25, 0.3) is 0 Å². The summed E-state index contributed by atoms with van der Waals surface area (Å²) in [7, 11) is 0. The van der Waals surface area contributed by atoms with Crippen LogP contribution < -0.4 is 5.32 Å². The molecule has 0 fully saturated rings. The van der Waals surface area contributed by atoms with Crippen molar-refractivity contribution in [3.63, 3.8) is 0 Å². The summed E-state index contributed by atoms with van der Waals surface area (Å²) >= 11 is 0. The van der Waals surface area contributed by atoms with E-state index in [2.05, 4.69) is 5.32 Å². The lowest BCUT2D eigenvalue weighted by atomic mass is 10.1. The molecule has 4 nitrogen and oxygen atoms in total. The molecule has 0 bridgehead atoms. The van der Waals surface area contributed by atoms with Crippen molar-refractivity contribution in [2.45, 2.75) is 19.5 Å². The van der Waals surface area contributed by atoms with Crippen LogP contribution in [0.3, 0.4) is 0 Å². The molecule has 0 heterocycles. The molecule has 0 aliphatic rings. The predicted octanol–water partition coefficient (Wildman–Crippen LogP) is 1.08. The smallest absolute Gasteiger partial charge is 0.340 e. The first-order chi connectivity index (χ1) is 8.00. The molecule has 1 amide bonds. The maximum absolute atomic E-state index is 12.7. The summed E-state index contributed by atoms with van der Waals surface area (Å²) in [6.07, 6.45) is -1.94. The lowest BCUT2D eigenvalue weighted by molar-refractivity contribution is -0.142. The Balaban J connectivity index is 2.46. The summed E-state index contributed by atoms with van der Waals surface area (Å²) in [4.78, 5) is 21.6. The van der Waals surface area contributed by atoms with Crippen molar-refractivity contribution in [2.75, 3.05) is 6.54 Å². The Hall–Kier alpha value is -1.91. The van der Waals surface area contributed by atoms with E-state index in [1.165, 1.54) is 0 Å². The molecule has 1 atom stereocenters. The van der Waals surface area contributed by atoms with Gasteiger partial charge in [0.05, 0.1) is 13.0 Å². The summed E-state index contributed by atoms with van der Waals surface area (Å²) in [6.45, 7) is 1.37. The molecule has 17 heavy (non-hydrogen) atoms. The third-order valence-electron chi connectivity index (χ3n) is 2.36. The van der Waals surface area contributed by atoms with E-state index < -0.39 is 18.7 Å². The molecule has 0 saturated heterocycles. The SMILES string of the molecule is Cc1ccccc1CC(=O)NCC(F)C(=O)O. The van der Waals surface area contributed by atoms with Gasteiger partial charge in [0.1, 0.15) is 0 Å². The molecule has 0 spiro atoms. The van der Waals surface area contributed by atoms with E-state index >= 15 is 0 Å². The van der Waals surface area contributed by atoms with Gasteiger partial charge >= 0.3 is 5.97 Å². The van der Waals surface area contributed by atoms with Crippen LogP contribution in [-0.4, -0.2) is 29.7 Å². The van der Waals surface area contributed by atoms with Gasteiger partial charge < -0.3 is 10.4 Å². The number of carbonyl (C=O) groups is 2. The van der Waals surface area contributed by atoms with Crippen LogP contribution in [0.25, 0.3) is 0 Å². The number of benzene rings is 1. The summed E-state index contributed by atoms with van der Waals surface area (Å²) in [5.41, 5.74) is 1.81. The predicted molar refractivity (Wildman–Crippen MR) is 60.4 cm³/mol. The number of alkyl halides is 1. The average Bonchev–Trinajstić information content (AvgIpc) is 2.29. The van der Waals surface area contributed by atoms with E-state index in [0.717, 1.165) is 11.1 Å². The van der Waals surface area contributed by atoms with Gasteiger partial charge in [-0.3, -0.25) is 4.79 Å². The largest absolute Gasteiger partial charge is 0.479 e. The Labute approximate surface area is 98.5 Å². The van der Waals surface area contributed by atoms with E-state index in [0.29, 0.717) is 0 Å². The van der Waals surface area contributed by atoms with Gasteiger partial charge in [-0.05, 0) is 18.1 Å². The highest BCUT2D eigenvalue weighted by Gasteiger charge is 2.16. The molecule has 0 aliphatic heterocycles. The fourth-order valence-electron chi connectivity index (χ4n) is 1.33. The van der Waals surface area contributed by atoms with Crippen molar-refractivity contribution >= 4 is 11.9 Å². The number of amides is 1. The highest BCUT2D eigenvalue weighted by atomic mass is 19.1. The van der Waals surface area contributed by atoms with Crippen molar-refractivity contribution in [1.82, 2.24) is 5.32 Å². The maximum Gasteiger partial charge on any atom is 0.340 e. The molecule has 0 aromatic heterocycles. The van der Waals surface area contributed by atoms with Crippen molar-refractivity contribution in [3.8, 4) is 0 Å². The van der Waals surface area contributed by atoms with Gasteiger partial charge in [0.15, 0.2) is 0 Å². The van der Waals surface area contributed by atoms with Crippen LogP contribution in [0, 0.1) is 6.92 Å².